The molecule has 0 saturated heterocycles. The number of pyridine rings is 1. The van der Waals surface area contributed by atoms with Crippen molar-refractivity contribution in [3.05, 3.63) is 59.3 Å². The molecule has 1 amide bonds. The number of aromatic nitrogens is 3. The zero-order valence-electron chi connectivity index (χ0n) is 15.1. The van der Waals surface area contributed by atoms with Crippen molar-refractivity contribution in [3.63, 3.8) is 0 Å². The molecular formula is C20H21FN4O2. The molecule has 0 saturated carbocycles. The molecule has 0 bridgehead atoms. The number of hydrogen-bond acceptors (Lipinski definition) is 4. The number of carbonyl (C=O) groups is 1. The first-order valence-electron chi connectivity index (χ1n) is 8.67. The van der Waals surface area contributed by atoms with Gasteiger partial charge in [-0.15, -0.1) is 0 Å². The van der Waals surface area contributed by atoms with Crippen LogP contribution in [0.2, 0.25) is 0 Å². The molecule has 0 aliphatic rings. The molecule has 3 rings (SSSR count). The fourth-order valence-electron chi connectivity index (χ4n) is 2.68. The van der Waals surface area contributed by atoms with E-state index in [9.17, 15) is 14.3 Å². The van der Waals surface area contributed by atoms with Gasteiger partial charge in [-0.25, -0.2) is 4.39 Å². The van der Waals surface area contributed by atoms with Gasteiger partial charge in [-0.1, -0.05) is 26.0 Å². The highest BCUT2D eigenvalue weighted by Gasteiger charge is 2.19. The Labute approximate surface area is 156 Å². The lowest BCUT2D eigenvalue weighted by atomic mass is 10.0. The second kappa shape index (κ2) is 8.09. The molecule has 7 heteroatoms. The summed E-state index contributed by atoms with van der Waals surface area (Å²) in [5.41, 5.74) is 1.81. The molecule has 140 valence electrons. The summed E-state index contributed by atoms with van der Waals surface area (Å²) < 4.78 is 14.4. The monoisotopic (exact) mass is 368 g/mol. The highest BCUT2D eigenvalue weighted by molar-refractivity contribution is 6.00. The van der Waals surface area contributed by atoms with E-state index in [1.54, 1.807) is 24.5 Å². The number of halogens is 1. The maximum Gasteiger partial charge on any atom is 0.251 e. The second-order valence-corrected chi connectivity index (χ2v) is 6.62. The third kappa shape index (κ3) is 4.20. The minimum atomic E-state index is -0.559. The largest absolute Gasteiger partial charge is 0.394 e. The molecule has 6 nitrogen and oxygen atoms in total. The molecule has 2 aromatic heterocycles. The Kier molecular flexibility index (Phi) is 5.61. The van der Waals surface area contributed by atoms with E-state index in [0.717, 1.165) is 5.56 Å². The Balaban J connectivity index is 1.93. The highest BCUT2D eigenvalue weighted by atomic mass is 19.1. The van der Waals surface area contributed by atoms with E-state index in [2.05, 4.69) is 20.5 Å². The van der Waals surface area contributed by atoms with Crippen LogP contribution >= 0.6 is 0 Å². The van der Waals surface area contributed by atoms with Gasteiger partial charge in [-0.3, -0.25) is 14.9 Å². The van der Waals surface area contributed by atoms with Crippen LogP contribution in [-0.4, -0.2) is 38.8 Å². The maximum absolute atomic E-state index is 14.4. The molecule has 0 aliphatic carbocycles. The van der Waals surface area contributed by atoms with Crippen LogP contribution in [0.5, 0.6) is 0 Å². The van der Waals surface area contributed by atoms with Crippen LogP contribution < -0.4 is 5.32 Å². The van der Waals surface area contributed by atoms with Gasteiger partial charge in [0.1, 0.15) is 11.3 Å². The summed E-state index contributed by atoms with van der Waals surface area (Å²) in [5, 5.41) is 19.4. The SMILES string of the molecule is CC(C)[C@@H](CO)NC(=O)c1cc(F)c2[nH]nc(/C=C/c3cccnc3)c2c1. The average molecular weight is 368 g/mol. The first-order chi connectivity index (χ1) is 13.0. The molecule has 3 N–H and O–H groups in total. The predicted octanol–water partition coefficient (Wildman–Crippen LogP) is 3.01. The summed E-state index contributed by atoms with van der Waals surface area (Å²) in [6, 6.07) is 6.06. The minimum Gasteiger partial charge on any atom is -0.394 e. The number of carbonyl (C=O) groups excluding carboxylic acids is 1. The molecule has 3 aromatic rings. The predicted molar refractivity (Wildman–Crippen MR) is 102 cm³/mol. The third-order valence-electron chi connectivity index (χ3n) is 4.35. The quantitative estimate of drug-likeness (QED) is 0.624. The zero-order chi connectivity index (χ0) is 19.4. The fraction of sp³-hybridized carbons (Fsp3) is 0.250. The Bertz CT molecular complexity index is 967. The summed E-state index contributed by atoms with van der Waals surface area (Å²) >= 11 is 0. The summed E-state index contributed by atoms with van der Waals surface area (Å²) in [7, 11) is 0. The standard InChI is InChI=1S/C20H21FN4O2/c1-12(2)18(11-26)23-20(27)14-8-15-17(24-25-19(15)16(21)9-14)6-5-13-4-3-7-22-10-13/h3-10,12,18,26H,11H2,1-2H3,(H,23,27)(H,24,25)/b6-5+/t18-/m1/s1. The van der Waals surface area contributed by atoms with E-state index in [1.807, 2.05) is 32.1 Å². The van der Waals surface area contributed by atoms with E-state index in [4.69, 9.17) is 0 Å². The zero-order valence-corrected chi connectivity index (χ0v) is 15.1. The van der Waals surface area contributed by atoms with Crippen LogP contribution in [0.4, 0.5) is 4.39 Å². The number of aliphatic hydroxyl groups is 1. The van der Waals surface area contributed by atoms with E-state index in [0.29, 0.717) is 11.1 Å². The smallest absolute Gasteiger partial charge is 0.251 e. The van der Waals surface area contributed by atoms with Crippen molar-refractivity contribution < 1.29 is 14.3 Å². The number of H-pyrrole nitrogens is 1. The van der Waals surface area contributed by atoms with Crippen LogP contribution in [0.25, 0.3) is 23.1 Å². The fourth-order valence-corrected chi connectivity index (χ4v) is 2.68. The lowest BCUT2D eigenvalue weighted by Gasteiger charge is -2.19. The Hall–Kier alpha value is -3.06. The van der Waals surface area contributed by atoms with Crippen molar-refractivity contribution in [2.24, 2.45) is 5.92 Å². The summed E-state index contributed by atoms with van der Waals surface area (Å²) in [6.45, 7) is 3.60. The molecular weight excluding hydrogens is 347 g/mol. The molecule has 0 fully saturated rings. The lowest BCUT2D eigenvalue weighted by Crippen LogP contribution is -2.41. The van der Waals surface area contributed by atoms with Gasteiger partial charge in [-0.2, -0.15) is 5.10 Å². The van der Waals surface area contributed by atoms with Crippen molar-refractivity contribution in [2.75, 3.05) is 6.61 Å². The van der Waals surface area contributed by atoms with Gasteiger partial charge in [0.2, 0.25) is 0 Å². The Morgan fingerprint density at radius 2 is 2.19 bits per heavy atom. The van der Waals surface area contributed by atoms with Crippen molar-refractivity contribution in [3.8, 4) is 0 Å². The van der Waals surface area contributed by atoms with Crippen molar-refractivity contribution in [2.45, 2.75) is 19.9 Å². The second-order valence-electron chi connectivity index (χ2n) is 6.62. The van der Waals surface area contributed by atoms with Gasteiger partial charge in [0.05, 0.1) is 18.3 Å². The van der Waals surface area contributed by atoms with Crippen LogP contribution in [0.15, 0.2) is 36.7 Å². The number of fused-ring (bicyclic) bond motifs is 1. The van der Waals surface area contributed by atoms with Crippen molar-refractivity contribution in [1.82, 2.24) is 20.5 Å². The molecule has 0 spiro atoms. The van der Waals surface area contributed by atoms with Gasteiger partial charge < -0.3 is 10.4 Å². The number of aliphatic hydroxyl groups excluding tert-OH is 1. The minimum absolute atomic E-state index is 0.0550. The number of aromatic amines is 1. The first kappa shape index (κ1) is 18.7. The van der Waals surface area contributed by atoms with Gasteiger partial charge in [-0.05, 0) is 35.8 Å². The number of amides is 1. The van der Waals surface area contributed by atoms with Crippen LogP contribution in [0, 0.1) is 11.7 Å². The topological polar surface area (TPSA) is 90.9 Å². The Morgan fingerprint density at radius 1 is 1.37 bits per heavy atom. The number of rotatable bonds is 6. The van der Waals surface area contributed by atoms with E-state index >= 15 is 0 Å². The molecule has 0 aliphatic heterocycles. The number of nitrogens with one attached hydrogen (secondary N) is 2. The molecule has 2 heterocycles. The van der Waals surface area contributed by atoms with Gasteiger partial charge in [0.25, 0.3) is 5.91 Å². The average Bonchev–Trinajstić information content (AvgIpc) is 3.08. The van der Waals surface area contributed by atoms with Gasteiger partial charge in [0.15, 0.2) is 0 Å². The summed E-state index contributed by atoms with van der Waals surface area (Å²) in [5.74, 6) is -0.942. The molecule has 1 aromatic carbocycles. The van der Waals surface area contributed by atoms with Gasteiger partial charge in [0, 0.05) is 23.3 Å². The molecule has 1 atom stereocenters. The first-order valence-corrected chi connectivity index (χ1v) is 8.67. The molecule has 0 radical (unpaired) electrons. The highest BCUT2D eigenvalue weighted by Crippen LogP contribution is 2.23. The number of benzene rings is 1. The van der Waals surface area contributed by atoms with Crippen LogP contribution in [-0.2, 0) is 0 Å². The van der Waals surface area contributed by atoms with Crippen molar-refractivity contribution in [1.29, 1.82) is 0 Å². The van der Waals surface area contributed by atoms with E-state index in [1.165, 1.54) is 6.07 Å². The number of nitrogens with zero attached hydrogens (tertiary/aromatic N) is 2. The van der Waals surface area contributed by atoms with E-state index in [-0.39, 0.29) is 23.6 Å². The van der Waals surface area contributed by atoms with Crippen LogP contribution in [0.3, 0.4) is 0 Å². The molecule has 27 heavy (non-hydrogen) atoms. The summed E-state index contributed by atoms with van der Waals surface area (Å²) in [6.07, 6.45) is 6.93. The van der Waals surface area contributed by atoms with Gasteiger partial charge >= 0.3 is 0 Å². The van der Waals surface area contributed by atoms with Crippen LogP contribution in [0.1, 0.15) is 35.5 Å². The lowest BCUT2D eigenvalue weighted by molar-refractivity contribution is 0.0896. The van der Waals surface area contributed by atoms with E-state index < -0.39 is 17.8 Å². The third-order valence-corrected chi connectivity index (χ3v) is 4.35. The normalized spacial score (nSPS) is 12.8. The summed E-state index contributed by atoms with van der Waals surface area (Å²) in [4.78, 5) is 16.5. The van der Waals surface area contributed by atoms with Crippen molar-refractivity contribution >= 4 is 29.0 Å². The Morgan fingerprint density at radius 3 is 2.85 bits per heavy atom. The molecule has 0 unspecified atom stereocenters. The maximum atomic E-state index is 14.4. The number of hydrogen-bond donors (Lipinski definition) is 3.